The number of amides is 1. The zero-order valence-corrected chi connectivity index (χ0v) is 14.2. The van der Waals surface area contributed by atoms with Gasteiger partial charge in [0.15, 0.2) is 0 Å². The summed E-state index contributed by atoms with van der Waals surface area (Å²) in [6.45, 7) is 2.38. The summed E-state index contributed by atoms with van der Waals surface area (Å²) in [5.74, 6) is 1.17. The fourth-order valence-electron chi connectivity index (χ4n) is 2.76. The van der Waals surface area contributed by atoms with E-state index < -0.39 is 0 Å². The lowest BCUT2D eigenvalue weighted by Gasteiger charge is -2.35. The van der Waals surface area contributed by atoms with Crippen LogP contribution < -0.4 is 5.32 Å². The van der Waals surface area contributed by atoms with Crippen LogP contribution in [0.25, 0.3) is 0 Å². The molecule has 1 amide bonds. The molecule has 0 saturated carbocycles. The Morgan fingerprint density at radius 1 is 1.55 bits per heavy atom. The van der Waals surface area contributed by atoms with Crippen molar-refractivity contribution < 1.29 is 4.79 Å². The Kier molecular flexibility index (Phi) is 5.99. The van der Waals surface area contributed by atoms with Crippen molar-refractivity contribution in [1.29, 1.82) is 0 Å². The minimum atomic E-state index is 0. The summed E-state index contributed by atoms with van der Waals surface area (Å²) >= 11 is 1.71. The molecule has 0 aromatic carbocycles. The number of aryl methyl sites for hydroxylation is 2. The van der Waals surface area contributed by atoms with E-state index in [0.717, 1.165) is 31.9 Å². The van der Waals surface area contributed by atoms with Crippen molar-refractivity contribution in [3.8, 4) is 0 Å². The van der Waals surface area contributed by atoms with Gasteiger partial charge in [-0.15, -0.1) is 23.7 Å². The predicted octanol–water partition coefficient (Wildman–Crippen LogP) is 2.01. The third kappa shape index (κ3) is 3.69. The Hall–Kier alpha value is -1.37. The quantitative estimate of drug-likeness (QED) is 0.926. The highest BCUT2D eigenvalue weighted by molar-refractivity contribution is 7.09. The first-order chi connectivity index (χ1) is 10.3. The smallest absolute Gasteiger partial charge is 0.223 e. The molecule has 3 heterocycles. The second-order valence-corrected chi connectivity index (χ2v) is 6.32. The van der Waals surface area contributed by atoms with Gasteiger partial charge >= 0.3 is 0 Å². The molecule has 5 nitrogen and oxygen atoms in total. The van der Waals surface area contributed by atoms with Crippen LogP contribution in [0, 0.1) is 0 Å². The molecule has 1 saturated heterocycles. The lowest BCUT2D eigenvalue weighted by Crippen LogP contribution is -2.49. The van der Waals surface area contributed by atoms with Gasteiger partial charge in [-0.2, -0.15) is 0 Å². The first-order valence-electron chi connectivity index (χ1n) is 7.25. The molecule has 0 aliphatic carbocycles. The van der Waals surface area contributed by atoms with E-state index in [1.165, 1.54) is 4.88 Å². The summed E-state index contributed by atoms with van der Waals surface area (Å²) in [4.78, 5) is 20.2. The van der Waals surface area contributed by atoms with Crippen molar-refractivity contribution in [1.82, 2.24) is 19.8 Å². The maximum atomic E-state index is 12.6. The Bertz CT molecular complexity index is 598. The van der Waals surface area contributed by atoms with E-state index in [0.29, 0.717) is 6.42 Å². The Morgan fingerprint density at radius 2 is 2.41 bits per heavy atom. The topological polar surface area (TPSA) is 50.2 Å². The van der Waals surface area contributed by atoms with Crippen LogP contribution in [-0.2, 0) is 18.3 Å². The Balaban J connectivity index is 0.00000176. The van der Waals surface area contributed by atoms with E-state index in [1.54, 1.807) is 17.5 Å². The number of thiophene rings is 1. The number of nitrogens with one attached hydrogen (secondary N) is 1. The molecule has 1 fully saturated rings. The zero-order chi connectivity index (χ0) is 14.7. The van der Waals surface area contributed by atoms with E-state index in [2.05, 4.69) is 21.7 Å². The summed E-state index contributed by atoms with van der Waals surface area (Å²) < 4.78 is 2.00. The number of carbonyl (C=O) groups excluding carboxylic acids is 1. The van der Waals surface area contributed by atoms with Crippen LogP contribution in [0.2, 0.25) is 0 Å². The average molecular weight is 341 g/mol. The number of carbonyl (C=O) groups is 1. The molecule has 0 radical (unpaired) electrons. The van der Waals surface area contributed by atoms with Gasteiger partial charge in [-0.25, -0.2) is 4.98 Å². The molecule has 22 heavy (non-hydrogen) atoms. The van der Waals surface area contributed by atoms with E-state index >= 15 is 0 Å². The van der Waals surface area contributed by atoms with Crippen LogP contribution in [0.1, 0.15) is 23.2 Å². The Morgan fingerprint density at radius 3 is 3.09 bits per heavy atom. The van der Waals surface area contributed by atoms with Gasteiger partial charge in [0, 0.05) is 50.4 Å². The second-order valence-electron chi connectivity index (χ2n) is 5.28. The summed E-state index contributed by atoms with van der Waals surface area (Å²) in [5.41, 5.74) is 0. The first kappa shape index (κ1) is 17.0. The van der Waals surface area contributed by atoms with Gasteiger partial charge in [0.2, 0.25) is 5.91 Å². The number of hydrogen-bond donors (Lipinski definition) is 1. The molecule has 3 rings (SSSR count). The summed E-state index contributed by atoms with van der Waals surface area (Å²) in [7, 11) is 1.98. The van der Waals surface area contributed by atoms with Gasteiger partial charge in [-0.05, 0) is 17.9 Å². The lowest BCUT2D eigenvalue weighted by molar-refractivity contribution is -0.134. The molecular weight excluding hydrogens is 320 g/mol. The van der Waals surface area contributed by atoms with E-state index in [4.69, 9.17) is 0 Å². The number of nitrogens with zero attached hydrogens (tertiary/aromatic N) is 3. The van der Waals surface area contributed by atoms with Crippen molar-refractivity contribution in [2.75, 3.05) is 19.6 Å². The highest BCUT2D eigenvalue weighted by Crippen LogP contribution is 2.22. The molecule has 0 spiro atoms. The molecular formula is C15H21ClN4OS. The predicted molar refractivity (Wildman–Crippen MR) is 90.4 cm³/mol. The number of halogens is 1. The standard InChI is InChI=1S/C15H20N4OS.ClH/c1-18-8-7-17-15(18)13-11-16-6-9-19(13)14(20)5-4-12-3-2-10-21-12;/h2-3,7-8,10,13,16H,4-6,9,11H2,1H3;1H. The van der Waals surface area contributed by atoms with Crippen LogP contribution in [0.15, 0.2) is 29.9 Å². The minimum Gasteiger partial charge on any atom is -0.336 e. The number of hydrogen-bond acceptors (Lipinski definition) is 4. The van der Waals surface area contributed by atoms with Crippen LogP contribution in [-0.4, -0.2) is 40.0 Å². The largest absolute Gasteiger partial charge is 0.336 e. The average Bonchev–Trinajstić information content (AvgIpc) is 3.16. The van der Waals surface area contributed by atoms with Gasteiger partial charge in [-0.1, -0.05) is 6.07 Å². The number of imidazole rings is 1. The maximum Gasteiger partial charge on any atom is 0.223 e. The third-order valence-corrected chi connectivity index (χ3v) is 4.82. The van der Waals surface area contributed by atoms with Gasteiger partial charge in [0.05, 0.1) is 0 Å². The first-order valence-corrected chi connectivity index (χ1v) is 8.13. The monoisotopic (exact) mass is 340 g/mol. The zero-order valence-electron chi connectivity index (χ0n) is 12.6. The van der Waals surface area contributed by atoms with E-state index in [9.17, 15) is 4.79 Å². The third-order valence-electron chi connectivity index (χ3n) is 3.89. The number of aromatic nitrogens is 2. The number of rotatable bonds is 4. The van der Waals surface area contributed by atoms with Gasteiger partial charge in [0.25, 0.3) is 0 Å². The second kappa shape index (κ2) is 7.76. The summed E-state index contributed by atoms with van der Waals surface area (Å²) in [6.07, 6.45) is 5.12. The molecule has 1 atom stereocenters. The van der Waals surface area contributed by atoms with E-state index in [1.807, 2.05) is 28.8 Å². The molecule has 7 heteroatoms. The lowest BCUT2D eigenvalue weighted by atomic mass is 10.1. The van der Waals surface area contributed by atoms with Crippen molar-refractivity contribution in [2.45, 2.75) is 18.9 Å². The molecule has 2 aromatic rings. The van der Waals surface area contributed by atoms with Crippen LogP contribution in [0.4, 0.5) is 0 Å². The SMILES string of the molecule is Cl.Cn1ccnc1C1CNCCN1C(=O)CCc1cccs1. The molecule has 2 aromatic heterocycles. The van der Waals surface area contributed by atoms with Crippen LogP contribution >= 0.6 is 23.7 Å². The fourth-order valence-corrected chi connectivity index (χ4v) is 3.47. The Labute approximate surface area is 140 Å². The summed E-state index contributed by atoms with van der Waals surface area (Å²) in [5, 5.41) is 5.42. The molecule has 1 aliphatic rings. The van der Waals surface area contributed by atoms with Crippen LogP contribution in [0.3, 0.4) is 0 Å². The fraction of sp³-hybridized carbons (Fsp3) is 0.467. The van der Waals surface area contributed by atoms with Crippen molar-refractivity contribution in [3.63, 3.8) is 0 Å². The highest BCUT2D eigenvalue weighted by Gasteiger charge is 2.29. The maximum absolute atomic E-state index is 12.6. The normalized spacial score (nSPS) is 18.0. The molecule has 1 N–H and O–H groups in total. The van der Waals surface area contributed by atoms with Crippen molar-refractivity contribution in [2.24, 2.45) is 7.05 Å². The molecule has 1 aliphatic heterocycles. The van der Waals surface area contributed by atoms with Gasteiger partial charge in [0.1, 0.15) is 11.9 Å². The highest BCUT2D eigenvalue weighted by atomic mass is 35.5. The van der Waals surface area contributed by atoms with E-state index in [-0.39, 0.29) is 24.4 Å². The summed E-state index contributed by atoms with van der Waals surface area (Å²) in [6, 6.07) is 4.16. The molecule has 1 unspecified atom stereocenters. The molecule has 0 bridgehead atoms. The van der Waals surface area contributed by atoms with Crippen molar-refractivity contribution in [3.05, 3.63) is 40.6 Å². The van der Waals surface area contributed by atoms with Gasteiger partial charge in [-0.3, -0.25) is 4.79 Å². The van der Waals surface area contributed by atoms with Gasteiger partial charge < -0.3 is 14.8 Å². The number of piperazine rings is 1. The van der Waals surface area contributed by atoms with Crippen molar-refractivity contribution >= 4 is 29.7 Å². The molecule has 120 valence electrons. The van der Waals surface area contributed by atoms with Crippen LogP contribution in [0.5, 0.6) is 0 Å². The minimum absolute atomic E-state index is 0.